The highest BCUT2D eigenvalue weighted by atomic mass is 16.5. The van der Waals surface area contributed by atoms with Gasteiger partial charge in [0.1, 0.15) is 11.8 Å². The highest BCUT2D eigenvalue weighted by Crippen LogP contribution is 2.41. The Morgan fingerprint density at radius 2 is 1.50 bits per heavy atom. The van der Waals surface area contributed by atoms with E-state index in [0.717, 1.165) is 74.6 Å². The summed E-state index contributed by atoms with van der Waals surface area (Å²) in [6.07, 6.45) is 23.1. The molecule has 0 aliphatic carbocycles. The molecule has 0 N–H and O–H groups in total. The third-order valence-corrected chi connectivity index (χ3v) is 12.1. The summed E-state index contributed by atoms with van der Waals surface area (Å²) in [5.41, 5.74) is 4.12. The number of rotatable bonds is 27. The minimum absolute atomic E-state index is 0.179. The van der Waals surface area contributed by atoms with E-state index in [1.807, 2.05) is 43.3 Å². The lowest BCUT2D eigenvalue weighted by molar-refractivity contribution is -0.136. The Labute approximate surface area is 348 Å². The number of carbonyl (C=O) groups excluding carboxylic acids is 4. The number of hydrazine groups is 1. The van der Waals surface area contributed by atoms with Gasteiger partial charge in [-0.1, -0.05) is 122 Å². The van der Waals surface area contributed by atoms with Crippen LogP contribution in [-0.2, 0) is 20.7 Å². The zero-order valence-corrected chi connectivity index (χ0v) is 36.2. The number of methoxy groups -OCH3 is 2. The van der Waals surface area contributed by atoms with Gasteiger partial charge >= 0.3 is 12.0 Å². The minimum atomic E-state index is -0.718. The fourth-order valence-corrected chi connectivity index (χ4v) is 8.93. The van der Waals surface area contributed by atoms with Gasteiger partial charge in [-0.05, 0) is 74.4 Å². The molecule has 0 aromatic heterocycles. The summed E-state index contributed by atoms with van der Waals surface area (Å²) in [5, 5.41) is 2.93. The first-order chi connectivity index (χ1) is 28.3. The number of nitrogens with zero attached hydrogens (tertiary/aromatic N) is 5. The number of amides is 4. The molecule has 2 heterocycles. The summed E-state index contributed by atoms with van der Waals surface area (Å²) in [7, 11) is 4.73. The van der Waals surface area contributed by atoms with Crippen molar-refractivity contribution in [1.82, 2.24) is 19.8 Å². The number of urea groups is 1. The predicted octanol–water partition coefficient (Wildman–Crippen LogP) is 9.89. The van der Waals surface area contributed by atoms with Crippen LogP contribution in [0.25, 0.3) is 0 Å². The van der Waals surface area contributed by atoms with Crippen LogP contribution in [-0.4, -0.2) is 97.3 Å². The van der Waals surface area contributed by atoms with E-state index in [9.17, 15) is 19.2 Å². The van der Waals surface area contributed by atoms with Crippen molar-refractivity contribution >= 4 is 30.5 Å². The number of likely N-dealkylation sites (tertiary alicyclic amines) is 1. The van der Waals surface area contributed by atoms with Crippen LogP contribution in [0.3, 0.4) is 0 Å². The molecule has 1 saturated heterocycles. The molecule has 0 bridgehead atoms. The molecular weight excluding hydrogens is 731 g/mol. The number of hydrogen-bond donors (Lipinski definition) is 0. The van der Waals surface area contributed by atoms with Crippen LogP contribution in [0, 0.1) is 0 Å². The quantitative estimate of drug-likeness (QED) is 0.0502. The van der Waals surface area contributed by atoms with E-state index in [-0.39, 0.29) is 18.6 Å². The van der Waals surface area contributed by atoms with E-state index in [4.69, 9.17) is 9.47 Å². The zero-order valence-electron chi connectivity index (χ0n) is 36.2. The lowest BCUT2D eigenvalue weighted by Gasteiger charge is -2.46. The van der Waals surface area contributed by atoms with Crippen molar-refractivity contribution in [2.75, 3.05) is 40.9 Å². The summed E-state index contributed by atoms with van der Waals surface area (Å²) < 4.78 is 10.9. The molecule has 2 aromatic rings. The third-order valence-electron chi connectivity index (χ3n) is 12.1. The number of ether oxygens (including phenoxy) is 2. The van der Waals surface area contributed by atoms with Crippen LogP contribution in [0.4, 0.5) is 4.79 Å². The van der Waals surface area contributed by atoms with Gasteiger partial charge in [0.25, 0.3) is 0 Å². The Hall–Kier alpha value is -4.25. The van der Waals surface area contributed by atoms with Gasteiger partial charge in [-0.3, -0.25) is 19.5 Å². The number of aryl methyl sites for hydroxylation is 1. The van der Waals surface area contributed by atoms with Crippen molar-refractivity contribution in [1.29, 1.82) is 0 Å². The number of unbranched alkanes of at least 4 members (excludes halogenated alkanes) is 12. The minimum Gasteiger partial charge on any atom is -0.496 e. The number of aliphatic imine (C=N–C) groups is 1. The molecule has 3 atom stereocenters. The monoisotopic (exact) mass is 802 g/mol. The first-order valence-electron chi connectivity index (χ1n) is 22.2. The molecule has 4 rings (SSSR count). The number of esters is 1. The Kier molecular flexibility index (Phi) is 20.2. The summed E-state index contributed by atoms with van der Waals surface area (Å²) in [6, 6.07) is 11.9. The summed E-state index contributed by atoms with van der Waals surface area (Å²) >= 11 is 0. The third kappa shape index (κ3) is 12.9. The molecule has 11 heteroatoms. The molecule has 11 nitrogen and oxygen atoms in total. The average molecular weight is 802 g/mol. The van der Waals surface area contributed by atoms with Crippen molar-refractivity contribution in [3.63, 3.8) is 0 Å². The maximum absolute atomic E-state index is 14.1. The first kappa shape index (κ1) is 46.4. The fraction of sp³-hybridized carbons (Fsp3) is 0.638. The maximum atomic E-state index is 14.1. The average Bonchev–Trinajstić information content (AvgIpc) is 3.26. The van der Waals surface area contributed by atoms with E-state index in [0.29, 0.717) is 36.4 Å². The molecule has 0 radical (unpaired) electrons. The molecule has 3 unspecified atom stereocenters. The summed E-state index contributed by atoms with van der Waals surface area (Å²) in [5.74, 6) is 0.264. The molecule has 2 aromatic carbocycles. The van der Waals surface area contributed by atoms with Crippen molar-refractivity contribution in [3.05, 3.63) is 64.7 Å². The smallest absolute Gasteiger partial charge is 0.363 e. The van der Waals surface area contributed by atoms with E-state index in [1.165, 1.54) is 87.8 Å². The van der Waals surface area contributed by atoms with Gasteiger partial charge < -0.3 is 14.4 Å². The van der Waals surface area contributed by atoms with Gasteiger partial charge in [-0.2, -0.15) is 4.99 Å². The zero-order chi connectivity index (χ0) is 41.7. The fourth-order valence-electron chi connectivity index (χ4n) is 8.93. The Bertz CT molecular complexity index is 1600. The predicted molar refractivity (Wildman–Crippen MR) is 231 cm³/mol. The number of benzene rings is 2. The van der Waals surface area contributed by atoms with Crippen LogP contribution in [0.1, 0.15) is 169 Å². The van der Waals surface area contributed by atoms with E-state index >= 15 is 0 Å². The number of hydrogen-bond acceptors (Lipinski definition) is 7. The van der Waals surface area contributed by atoms with Gasteiger partial charge in [0.05, 0.1) is 25.8 Å². The molecular formula is C47H71N5O6. The van der Waals surface area contributed by atoms with E-state index in [2.05, 4.69) is 22.9 Å². The number of likely N-dealkylation sites (N-methyl/N-ethyl adjacent to an activating group) is 1. The van der Waals surface area contributed by atoms with Crippen LogP contribution < -0.4 is 4.74 Å². The van der Waals surface area contributed by atoms with Crippen molar-refractivity contribution < 1.29 is 28.7 Å². The second-order valence-electron chi connectivity index (χ2n) is 16.1. The highest BCUT2D eigenvalue weighted by Gasteiger charge is 2.45. The van der Waals surface area contributed by atoms with Crippen LogP contribution in [0.5, 0.6) is 5.75 Å². The normalized spacial score (nSPS) is 18.4. The van der Waals surface area contributed by atoms with Crippen molar-refractivity contribution in [2.45, 2.75) is 154 Å². The molecule has 0 spiro atoms. The Morgan fingerprint density at radius 3 is 2.09 bits per heavy atom. The van der Waals surface area contributed by atoms with Gasteiger partial charge in [-0.25, -0.2) is 14.6 Å². The van der Waals surface area contributed by atoms with E-state index in [1.54, 1.807) is 19.1 Å². The van der Waals surface area contributed by atoms with Crippen molar-refractivity contribution in [2.24, 2.45) is 4.99 Å². The molecule has 0 saturated carbocycles. The maximum Gasteiger partial charge on any atom is 0.363 e. The Morgan fingerprint density at radius 1 is 0.845 bits per heavy atom. The van der Waals surface area contributed by atoms with E-state index < -0.39 is 18.1 Å². The Balaban J connectivity index is 1.49. The van der Waals surface area contributed by atoms with Crippen LogP contribution in [0.2, 0.25) is 0 Å². The number of piperidine rings is 1. The highest BCUT2D eigenvalue weighted by molar-refractivity contribution is 6.02. The van der Waals surface area contributed by atoms with Gasteiger partial charge in [0.15, 0.2) is 0 Å². The largest absolute Gasteiger partial charge is 0.496 e. The van der Waals surface area contributed by atoms with Gasteiger partial charge in [0, 0.05) is 37.5 Å². The lowest BCUT2D eigenvalue weighted by atomic mass is 9.86. The summed E-state index contributed by atoms with van der Waals surface area (Å²) in [4.78, 5) is 60.3. The van der Waals surface area contributed by atoms with Gasteiger partial charge in [0.2, 0.25) is 12.8 Å². The first-order valence-corrected chi connectivity index (χ1v) is 22.2. The molecule has 320 valence electrons. The molecule has 2 aliphatic rings. The SMILES string of the molecule is CCCCCCCCCCCCCCCc1cccc(OC)c1C1C(N(C)C=O)C(CC)=NC(=O)N1N(C=O)CCCN1CCCCC1c1ccc(C(=O)OC)cc1. The van der Waals surface area contributed by atoms with Crippen LogP contribution >= 0.6 is 0 Å². The number of carbonyl (C=O) groups is 4. The topological polar surface area (TPSA) is 112 Å². The summed E-state index contributed by atoms with van der Waals surface area (Å²) in [6.45, 7) is 6.11. The lowest BCUT2D eigenvalue weighted by Crippen LogP contribution is -2.59. The molecule has 4 amide bonds. The van der Waals surface area contributed by atoms with Gasteiger partial charge in [-0.15, -0.1) is 0 Å². The van der Waals surface area contributed by atoms with Crippen molar-refractivity contribution in [3.8, 4) is 5.75 Å². The standard InChI is InChI=1S/C47H71N5O6/c1-6-8-9-10-11-12-13-14-15-16-17-18-19-24-38-25-22-27-42(57-4)43(38)45-44(49(3)35-53)40(7-2)48-47(56)52(45)51(36-54)34-23-33-50-32-21-20-26-41(50)37-28-30-39(31-29-37)46(55)58-5/h22,25,27-31,35-36,41,44-45H,6-21,23-24,26,32-34H2,1-5H3. The second-order valence-corrected chi connectivity index (χ2v) is 16.1. The second kappa shape index (κ2) is 25.3. The molecule has 2 aliphatic heterocycles. The molecule has 1 fully saturated rings. The van der Waals surface area contributed by atoms with Crippen LogP contribution in [0.15, 0.2) is 47.5 Å². The molecule has 58 heavy (non-hydrogen) atoms.